The van der Waals surface area contributed by atoms with E-state index in [1.54, 1.807) is 25.1 Å². The number of carbonyl (C=O) groups excluding carboxylic acids is 2. The quantitative estimate of drug-likeness (QED) is 0.478. The molecule has 2 aromatic heterocycles. The molecule has 32 heavy (non-hydrogen) atoms. The minimum Gasteiger partial charge on any atom is -0.462 e. The van der Waals surface area contributed by atoms with Crippen molar-refractivity contribution in [3.8, 4) is 0 Å². The van der Waals surface area contributed by atoms with Crippen molar-refractivity contribution in [2.75, 3.05) is 25.0 Å². The standard InChI is InChI=1S/C22H25ClN4O4S/c1-5-27(10-17-24-16-9-14(23)7-8-15(16)20(29)25-17)11-18(28)26-21-19(22(30)31-6-2)12(3)13(4)32-21/h7-9H,5-6,10-11H2,1-4H3,(H,26,28)(H,24,25,29). The zero-order chi connectivity index (χ0) is 23.4. The van der Waals surface area contributed by atoms with Crippen LogP contribution in [0.15, 0.2) is 23.0 Å². The van der Waals surface area contributed by atoms with E-state index >= 15 is 0 Å². The molecule has 0 aliphatic carbocycles. The fraction of sp³-hybridized carbons (Fsp3) is 0.364. The van der Waals surface area contributed by atoms with Crippen LogP contribution in [0.25, 0.3) is 10.9 Å². The average Bonchev–Trinajstić information content (AvgIpc) is 3.00. The number of hydrogen-bond donors (Lipinski definition) is 2. The monoisotopic (exact) mass is 476 g/mol. The predicted molar refractivity (Wildman–Crippen MR) is 127 cm³/mol. The van der Waals surface area contributed by atoms with Crippen molar-refractivity contribution in [1.29, 1.82) is 0 Å². The first-order valence-electron chi connectivity index (χ1n) is 10.2. The lowest BCUT2D eigenvalue weighted by atomic mass is 10.1. The summed E-state index contributed by atoms with van der Waals surface area (Å²) in [6, 6.07) is 4.91. The Morgan fingerprint density at radius 1 is 1.28 bits per heavy atom. The maximum absolute atomic E-state index is 12.7. The van der Waals surface area contributed by atoms with Crippen molar-refractivity contribution in [3.63, 3.8) is 0 Å². The van der Waals surface area contributed by atoms with Crippen LogP contribution in [0.1, 0.15) is 40.5 Å². The van der Waals surface area contributed by atoms with Crippen LogP contribution in [0.3, 0.4) is 0 Å². The molecule has 0 saturated heterocycles. The van der Waals surface area contributed by atoms with Crippen LogP contribution in [0.4, 0.5) is 5.00 Å². The second kappa shape index (κ2) is 10.2. The normalized spacial score (nSPS) is 11.2. The van der Waals surface area contributed by atoms with Gasteiger partial charge in [-0.3, -0.25) is 14.5 Å². The molecule has 0 saturated carbocycles. The molecule has 170 valence electrons. The number of amides is 1. The summed E-state index contributed by atoms with van der Waals surface area (Å²) in [5.74, 6) is -0.284. The number of aromatic amines is 1. The lowest BCUT2D eigenvalue weighted by Crippen LogP contribution is -2.34. The number of ether oxygens (including phenoxy) is 1. The number of H-pyrrole nitrogens is 1. The van der Waals surface area contributed by atoms with E-state index in [0.717, 1.165) is 10.4 Å². The number of nitrogens with one attached hydrogen (secondary N) is 2. The molecule has 10 heteroatoms. The number of anilines is 1. The Balaban J connectivity index is 1.75. The van der Waals surface area contributed by atoms with Gasteiger partial charge in [0.25, 0.3) is 5.56 Å². The smallest absolute Gasteiger partial charge is 0.341 e. The fourth-order valence-corrected chi connectivity index (χ4v) is 4.49. The summed E-state index contributed by atoms with van der Waals surface area (Å²) in [7, 11) is 0. The molecule has 2 N–H and O–H groups in total. The lowest BCUT2D eigenvalue weighted by molar-refractivity contribution is -0.117. The molecule has 0 fully saturated rings. The first kappa shape index (κ1) is 23.9. The molecular weight excluding hydrogens is 452 g/mol. The third-order valence-electron chi connectivity index (χ3n) is 5.02. The maximum atomic E-state index is 12.7. The molecule has 0 aliphatic heterocycles. The van der Waals surface area contributed by atoms with Gasteiger partial charge in [0.2, 0.25) is 5.91 Å². The zero-order valence-electron chi connectivity index (χ0n) is 18.4. The molecule has 0 atom stereocenters. The Labute approximate surface area is 194 Å². The van der Waals surface area contributed by atoms with Gasteiger partial charge in [-0.15, -0.1) is 11.3 Å². The fourth-order valence-electron chi connectivity index (χ4n) is 3.26. The maximum Gasteiger partial charge on any atom is 0.341 e. The number of aromatic nitrogens is 2. The average molecular weight is 477 g/mol. The number of esters is 1. The van der Waals surface area contributed by atoms with E-state index < -0.39 is 5.97 Å². The van der Waals surface area contributed by atoms with E-state index in [4.69, 9.17) is 16.3 Å². The topological polar surface area (TPSA) is 104 Å². The molecule has 0 spiro atoms. The summed E-state index contributed by atoms with van der Waals surface area (Å²) in [4.78, 5) is 47.4. The summed E-state index contributed by atoms with van der Waals surface area (Å²) in [5, 5.41) is 4.26. The van der Waals surface area contributed by atoms with Crippen molar-refractivity contribution >= 4 is 50.7 Å². The van der Waals surface area contributed by atoms with Gasteiger partial charge in [-0.1, -0.05) is 18.5 Å². The first-order chi connectivity index (χ1) is 15.2. The van der Waals surface area contributed by atoms with E-state index in [2.05, 4.69) is 15.3 Å². The Morgan fingerprint density at radius 2 is 2.03 bits per heavy atom. The number of rotatable bonds is 8. The molecule has 8 nitrogen and oxygen atoms in total. The van der Waals surface area contributed by atoms with Gasteiger partial charge < -0.3 is 15.0 Å². The van der Waals surface area contributed by atoms with E-state index in [9.17, 15) is 14.4 Å². The van der Waals surface area contributed by atoms with Crippen LogP contribution >= 0.6 is 22.9 Å². The molecule has 3 rings (SSSR count). The van der Waals surface area contributed by atoms with Crippen LogP contribution in [0, 0.1) is 13.8 Å². The number of halogens is 1. The number of aryl methyl sites for hydroxylation is 1. The van der Waals surface area contributed by atoms with Crippen molar-refractivity contribution in [3.05, 3.63) is 55.4 Å². The first-order valence-corrected chi connectivity index (χ1v) is 11.4. The van der Waals surface area contributed by atoms with Gasteiger partial charge in [0.05, 0.1) is 36.2 Å². The Hall–Kier alpha value is -2.75. The number of nitrogens with zero attached hydrogens (tertiary/aromatic N) is 2. The molecule has 0 aliphatic rings. The molecule has 2 heterocycles. The number of hydrogen-bond acceptors (Lipinski definition) is 7. The van der Waals surface area contributed by atoms with E-state index in [0.29, 0.717) is 38.9 Å². The minimum atomic E-state index is -0.450. The molecule has 1 aromatic carbocycles. The third kappa shape index (κ3) is 5.35. The summed E-state index contributed by atoms with van der Waals surface area (Å²) >= 11 is 7.37. The van der Waals surface area contributed by atoms with Gasteiger partial charge in [-0.25, -0.2) is 9.78 Å². The molecule has 3 aromatic rings. The Bertz CT molecular complexity index is 1220. The molecule has 0 unspecified atom stereocenters. The van der Waals surface area contributed by atoms with Gasteiger partial charge in [0, 0.05) is 9.90 Å². The largest absolute Gasteiger partial charge is 0.462 e. The lowest BCUT2D eigenvalue weighted by Gasteiger charge is -2.19. The highest BCUT2D eigenvalue weighted by Crippen LogP contribution is 2.33. The third-order valence-corrected chi connectivity index (χ3v) is 6.38. The Morgan fingerprint density at radius 3 is 2.72 bits per heavy atom. The van der Waals surface area contributed by atoms with E-state index in [1.165, 1.54) is 11.3 Å². The molecule has 0 bridgehead atoms. The molecule has 0 radical (unpaired) electrons. The van der Waals surface area contributed by atoms with Crippen LogP contribution < -0.4 is 10.9 Å². The SMILES string of the molecule is CCOC(=O)c1c(NC(=O)CN(CC)Cc2nc3cc(Cl)ccc3c(=O)[nH]2)sc(C)c1C. The highest BCUT2D eigenvalue weighted by atomic mass is 35.5. The number of thiophene rings is 1. The van der Waals surface area contributed by atoms with Gasteiger partial charge in [0.15, 0.2) is 0 Å². The van der Waals surface area contributed by atoms with Gasteiger partial charge in [-0.05, 0) is 51.1 Å². The highest BCUT2D eigenvalue weighted by molar-refractivity contribution is 7.16. The van der Waals surface area contributed by atoms with Crippen LogP contribution in [-0.2, 0) is 16.1 Å². The number of carbonyl (C=O) groups is 2. The number of fused-ring (bicyclic) bond motifs is 1. The van der Waals surface area contributed by atoms with Crippen LogP contribution in [-0.4, -0.2) is 46.4 Å². The second-order valence-electron chi connectivity index (χ2n) is 7.23. The van der Waals surface area contributed by atoms with E-state index in [1.807, 2.05) is 25.7 Å². The summed E-state index contributed by atoms with van der Waals surface area (Å²) in [6.45, 7) is 8.52. The summed E-state index contributed by atoms with van der Waals surface area (Å²) in [5.41, 5.74) is 1.43. The zero-order valence-corrected chi connectivity index (χ0v) is 19.9. The van der Waals surface area contributed by atoms with Crippen molar-refractivity contribution < 1.29 is 14.3 Å². The van der Waals surface area contributed by atoms with E-state index in [-0.39, 0.29) is 31.2 Å². The van der Waals surface area contributed by atoms with Gasteiger partial charge in [0.1, 0.15) is 10.8 Å². The Kier molecular flexibility index (Phi) is 7.65. The highest BCUT2D eigenvalue weighted by Gasteiger charge is 2.22. The van der Waals surface area contributed by atoms with Gasteiger partial charge >= 0.3 is 5.97 Å². The number of likely N-dealkylation sites (N-methyl/N-ethyl adjacent to an activating group) is 1. The molecule has 1 amide bonds. The molecular formula is C22H25ClN4O4S. The van der Waals surface area contributed by atoms with Crippen molar-refractivity contribution in [2.45, 2.75) is 34.2 Å². The van der Waals surface area contributed by atoms with Crippen LogP contribution in [0.2, 0.25) is 5.02 Å². The predicted octanol–water partition coefficient (Wildman–Crippen LogP) is 3.89. The van der Waals surface area contributed by atoms with Crippen molar-refractivity contribution in [2.24, 2.45) is 0 Å². The summed E-state index contributed by atoms with van der Waals surface area (Å²) in [6.07, 6.45) is 0. The summed E-state index contributed by atoms with van der Waals surface area (Å²) < 4.78 is 5.13. The van der Waals surface area contributed by atoms with Gasteiger partial charge in [-0.2, -0.15) is 0 Å². The van der Waals surface area contributed by atoms with Crippen LogP contribution in [0.5, 0.6) is 0 Å². The second-order valence-corrected chi connectivity index (χ2v) is 8.89. The minimum absolute atomic E-state index is 0.0616. The van der Waals surface area contributed by atoms with Crippen molar-refractivity contribution in [1.82, 2.24) is 14.9 Å². The number of benzene rings is 1.